The van der Waals surface area contributed by atoms with Gasteiger partial charge in [0, 0.05) is 19.0 Å². The summed E-state index contributed by atoms with van der Waals surface area (Å²) in [5, 5.41) is 0. The van der Waals surface area contributed by atoms with Crippen LogP contribution in [0.5, 0.6) is 11.5 Å². The first kappa shape index (κ1) is 15.1. The fourth-order valence-electron chi connectivity index (χ4n) is 2.67. The van der Waals surface area contributed by atoms with E-state index < -0.39 is 0 Å². The molecule has 0 spiro atoms. The van der Waals surface area contributed by atoms with Crippen molar-refractivity contribution in [3.8, 4) is 11.5 Å². The van der Waals surface area contributed by atoms with Crippen molar-refractivity contribution in [1.82, 2.24) is 4.90 Å². The lowest BCUT2D eigenvalue weighted by Crippen LogP contribution is -2.40. The Balaban J connectivity index is 1.49. The van der Waals surface area contributed by atoms with Crippen LogP contribution in [0.2, 0.25) is 0 Å². The minimum atomic E-state index is 0.394. The molecule has 0 aromatic heterocycles. The summed E-state index contributed by atoms with van der Waals surface area (Å²) in [7, 11) is 0. The molecule has 0 saturated carbocycles. The Morgan fingerprint density at radius 1 is 0.955 bits per heavy atom. The van der Waals surface area contributed by atoms with Crippen LogP contribution in [0.3, 0.4) is 0 Å². The second kappa shape index (κ2) is 7.43. The van der Waals surface area contributed by atoms with Crippen molar-refractivity contribution >= 4 is 0 Å². The smallest absolute Gasteiger partial charge is 0.127 e. The molecular formula is C19H23N2O. The van der Waals surface area contributed by atoms with Crippen molar-refractivity contribution in [1.29, 1.82) is 0 Å². The van der Waals surface area contributed by atoms with E-state index in [0.717, 1.165) is 44.0 Å². The Morgan fingerprint density at radius 3 is 2.27 bits per heavy atom. The largest absolute Gasteiger partial charge is 0.457 e. The van der Waals surface area contributed by atoms with Gasteiger partial charge >= 0.3 is 0 Å². The number of ether oxygens (including phenoxy) is 1. The molecule has 2 aromatic rings. The first-order valence-electron chi connectivity index (χ1n) is 7.94. The van der Waals surface area contributed by atoms with Crippen LogP contribution in [-0.4, -0.2) is 30.6 Å². The van der Waals surface area contributed by atoms with E-state index in [1.165, 1.54) is 5.56 Å². The van der Waals surface area contributed by atoms with Crippen molar-refractivity contribution < 1.29 is 4.74 Å². The van der Waals surface area contributed by atoms with E-state index >= 15 is 0 Å². The molecular weight excluding hydrogens is 272 g/mol. The quantitative estimate of drug-likeness (QED) is 0.918. The third kappa shape index (κ3) is 4.33. The molecule has 0 unspecified atom stereocenters. The molecule has 22 heavy (non-hydrogen) atoms. The number of nitrogens with zero attached hydrogens (tertiary/aromatic N) is 1. The van der Waals surface area contributed by atoms with E-state index in [9.17, 15) is 0 Å². The minimum absolute atomic E-state index is 0.394. The van der Waals surface area contributed by atoms with Gasteiger partial charge in [-0.15, -0.1) is 0 Å². The number of hydrogen-bond acceptors (Lipinski definition) is 3. The number of hydrogen-bond donors (Lipinski definition) is 1. The second-order valence-corrected chi connectivity index (χ2v) is 5.83. The lowest BCUT2D eigenvalue weighted by molar-refractivity contribution is 0.229. The zero-order chi connectivity index (χ0) is 15.2. The number of piperidine rings is 1. The Labute approximate surface area is 132 Å². The maximum Gasteiger partial charge on any atom is 0.127 e. The van der Waals surface area contributed by atoms with Crippen molar-refractivity contribution in [2.75, 3.05) is 19.6 Å². The summed E-state index contributed by atoms with van der Waals surface area (Å²) >= 11 is 0. The lowest BCUT2D eigenvalue weighted by atomic mass is 10.1. The monoisotopic (exact) mass is 295 g/mol. The Morgan fingerprint density at radius 2 is 1.59 bits per heavy atom. The Kier molecular flexibility index (Phi) is 5.09. The van der Waals surface area contributed by atoms with Crippen LogP contribution in [0.4, 0.5) is 0 Å². The van der Waals surface area contributed by atoms with Gasteiger partial charge in [0.05, 0.1) is 0 Å². The number of rotatable bonds is 5. The third-order valence-electron chi connectivity index (χ3n) is 4.08. The van der Waals surface area contributed by atoms with Gasteiger partial charge in [0.2, 0.25) is 0 Å². The maximum absolute atomic E-state index is 5.93. The summed E-state index contributed by atoms with van der Waals surface area (Å²) in [6.45, 7) is 3.20. The van der Waals surface area contributed by atoms with E-state index in [-0.39, 0.29) is 0 Å². The first-order chi connectivity index (χ1) is 10.8. The topological polar surface area (TPSA) is 38.5 Å². The molecule has 0 bridgehead atoms. The predicted molar refractivity (Wildman–Crippen MR) is 90.0 cm³/mol. The summed E-state index contributed by atoms with van der Waals surface area (Å²) in [6.07, 6.45) is 4.48. The molecule has 1 fully saturated rings. The summed E-state index contributed by atoms with van der Waals surface area (Å²) in [6, 6.07) is 18.5. The highest BCUT2D eigenvalue weighted by Gasteiger charge is 2.15. The number of para-hydroxylation sites is 1. The Hall–Kier alpha value is -1.84. The standard InChI is InChI=1S/C19H23N2O/c20-17-11-14-21(15-12-17)13-10-16-6-8-19(9-7-16)22-18-4-2-1-3-5-18/h1-10,17H,11-15,20H2. The summed E-state index contributed by atoms with van der Waals surface area (Å²) in [5.74, 6) is 1.73. The van der Waals surface area contributed by atoms with Crippen LogP contribution >= 0.6 is 0 Å². The lowest BCUT2D eigenvalue weighted by Gasteiger charge is -2.29. The molecule has 1 saturated heterocycles. The maximum atomic E-state index is 5.93. The van der Waals surface area contributed by atoms with Crippen LogP contribution in [-0.2, 0) is 0 Å². The van der Waals surface area contributed by atoms with Gasteiger partial charge in [0.25, 0.3) is 0 Å². The van der Waals surface area contributed by atoms with Crippen LogP contribution < -0.4 is 10.5 Å². The summed E-state index contributed by atoms with van der Waals surface area (Å²) in [5.41, 5.74) is 7.17. The molecule has 3 rings (SSSR count). The highest BCUT2D eigenvalue weighted by Crippen LogP contribution is 2.21. The number of nitrogens with two attached hydrogens (primary N) is 1. The van der Waals surface area contributed by atoms with Gasteiger partial charge in [-0.1, -0.05) is 30.3 Å². The molecule has 1 radical (unpaired) electrons. The van der Waals surface area contributed by atoms with Crippen molar-refractivity contribution in [3.63, 3.8) is 0 Å². The molecule has 3 nitrogen and oxygen atoms in total. The molecule has 0 atom stereocenters. The van der Waals surface area contributed by atoms with Gasteiger partial charge in [-0.3, -0.25) is 0 Å². The van der Waals surface area contributed by atoms with E-state index in [1.807, 2.05) is 42.5 Å². The summed E-state index contributed by atoms with van der Waals surface area (Å²) in [4.78, 5) is 2.46. The second-order valence-electron chi connectivity index (χ2n) is 5.83. The molecule has 0 amide bonds. The van der Waals surface area contributed by atoms with Crippen molar-refractivity contribution in [2.45, 2.75) is 18.9 Å². The first-order valence-corrected chi connectivity index (χ1v) is 7.94. The molecule has 115 valence electrons. The molecule has 0 aliphatic carbocycles. The summed E-state index contributed by atoms with van der Waals surface area (Å²) < 4.78 is 5.80. The molecule has 1 aliphatic rings. The van der Waals surface area contributed by atoms with Gasteiger partial charge in [-0.25, -0.2) is 0 Å². The van der Waals surface area contributed by atoms with Gasteiger partial charge in [0.15, 0.2) is 0 Å². The van der Waals surface area contributed by atoms with E-state index in [0.29, 0.717) is 6.04 Å². The zero-order valence-electron chi connectivity index (χ0n) is 12.8. The number of benzene rings is 2. The van der Waals surface area contributed by atoms with Crippen LogP contribution in [0.15, 0.2) is 54.6 Å². The van der Waals surface area contributed by atoms with Crippen LogP contribution in [0, 0.1) is 6.42 Å². The number of likely N-dealkylation sites (tertiary alicyclic amines) is 1. The molecule has 3 heteroatoms. The predicted octanol–water partition coefficient (Wildman–Crippen LogP) is 3.45. The van der Waals surface area contributed by atoms with Crippen molar-refractivity contribution in [2.24, 2.45) is 5.73 Å². The zero-order valence-corrected chi connectivity index (χ0v) is 12.8. The van der Waals surface area contributed by atoms with E-state index in [2.05, 4.69) is 23.5 Å². The molecule has 1 heterocycles. The average molecular weight is 295 g/mol. The SMILES string of the molecule is NC1CCN(C[CH]c2ccc(Oc3ccccc3)cc2)CC1. The van der Waals surface area contributed by atoms with Gasteiger partial charge < -0.3 is 15.4 Å². The van der Waals surface area contributed by atoms with E-state index in [4.69, 9.17) is 10.5 Å². The van der Waals surface area contributed by atoms with Crippen LogP contribution in [0.25, 0.3) is 0 Å². The van der Waals surface area contributed by atoms with E-state index in [1.54, 1.807) is 0 Å². The van der Waals surface area contributed by atoms with Gasteiger partial charge in [0.1, 0.15) is 11.5 Å². The van der Waals surface area contributed by atoms with Gasteiger partial charge in [-0.05, 0) is 55.8 Å². The fraction of sp³-hybridized carbons (Fsp3) is 0.316. The average Bonchev–Trinajstić information content (AvgIpc) is 2.57. The highest BCUT2D eigenvalue weighted by atomic mass is 16.5. The molecule has 1 aliphatic heterocycles. The normalized spacial score (nSPS) is 16.6. The molecule has 2 N–H and O–H groups in total. The molecule has 2 aromatic carbocycles. The van der Waals surface area contributed by atoms with Gasteiger partial charge in [-0.2, -0.15) is 0 Å². The fourth-order valence-corrected chi connectivity index (χ4v) is 2.67. The highest BCUT2D eigenvalue weighted by molar-refractivity contribution is 5.35. The minimum Gasteiger partial charge on any atom is -0.457 e. The van der Waals surface area contributed by atoms with Crippen molar-refractivity contribution in [3.05, 3.63) is 66.6 Å². The third-order valence-corrected chi connectivity index (χ3v) is 4.08. The van der Waals surface area contributed by atoms with Crippen LogP contribution in [0.1, 0.15) is 18.4 Å². The Bertz CT molecular complexity index is 560.